The molecular formula is C11H22O2Si. The van der Waals surface area contributed by atoms with Crippen LogP contribution in [0.15, 0.2) is 11.3 Å². The molecule has 0 spiro atoms. The first kappa shape index (κ1) is 13.4. The van der Waals surface area contributed by atoms with Crippen LogP contribution >= 0.6 is 0 Å². The number of carbonyl (C=O) groups excluding carboxylic acids is 1. The van der Waals surface area contributed by atoms with Gasteiger partial charge in [0.15, 0.2) is 0 Å². The van der Waals surface area contributed by atoms with Crippen molar-refractivity contribution in [2.75, 3.05) is 7.11 Å². The molecule has 0 amide bonds. The molecule has 0 aliphatic rings. The van der Waals surface area contributed by atoms with Gasteiger partial charge < -0.3 is 4.74 Å². The molecule has 3 heteroatoms. The molecule has 0 fully saturated rings. The Labute approximate surface area is 88.4 Å². The number of esters is 1. The van der Waals surface area contributed by atoms with E-state index >= 15 is 0 Å². The molecule has 0 bridgehead atoms. The van der Waals surface area contributed by atoms with E-state index in [0.717, 1.165) is 24.8 Å². The van der Waals surface area contributed by atoms with E-state index in [4.69, 9.17) is 4.74 Å². The second-order valence-electron chi connectivity index (χ2n) is 4.63. The van der Waals surface area contributed by atoms with Gasteiger partial charge in [0, 0.05) is 5.57 Å². The van der Waals surface area contributed by atoms with Gasteiger partial charge in [0.25, 0.3) is 0 Å². The number of ether oxygens (including phenoxy) is 1. The van der Waals surface area contributed by atoms with Crippen molar-refractivity contribution in [1.29, 1.82) is 0 Å². The summed E-state index contributed by atoms with van der Waals surface area (Å²) >= 11 is 0. The molecule has 0 aromatic heterocycles. The van der Waals surface area contributed by atoms with E-state index in [9.17, 15) is 4.79 Å². The number of hydrogen-bond donors (Lipinski definition) is 0. The Hall–Kier alpha value is -0.573. The monoisotopic (exact) mass is 214 g/mol. The number of rotatable bonds is 5. The van der Waals surface area contributed by atoms with Crippen LogP contribution in [0, 0.1) is 0 Å². The van der Waals surface area contributed by atoms with E-state index in [-0.39, 0.29) is 5.97 Å². The Kier molecular flexibility index (Phi) is 5.77. The Morgan fingerprint density at radius 1 is 1.36 bits per heavy atom. The summed E-state index contributed by atoms with van der Waals surface area (Å²) in [5, 5.41) is 0. The molecule has 0 N–H and O–H groups in total. The van der Waals surface area contributed by atoms with Crippen molar-refractivity contribution in [1.82, 2.24) is 0 Å². The quantitative estimate of drug-likeness (QED) is 0.399. The molecule has 0 unspecified atom stereocenters. The van der Waals surface area contributed by atoms with Gasteiger partial charge in [0.05, 0.1) is 15.2 Å². The molecular weight excluding hydrogens is 192 g/mol. The van der Waals surface area contributed by atoms with Crippen molar-refractivity contribution >= 4 is 14.0 Å². The number of methoxy groups -OCH3 is 1. The summed E-state index contributed by atoms with van der Waals surface area (Å²) in [6.45, 7) is 8.80. The lowest BCUT2D eigenvalue weighted by Gasteiger charge is -2.13. The van der Waals surface area contributed by atoms with Crippen molar-refractivity contribution in [2.45, 2.75) is 45.8 Å². The average molecular weight is 214 g/mol. The van der Waals surface area contributed by atoms with E-state index in [1.807, 2.05) is 0 Å². The fraction of sp³-hybridized carbons (Fsp3) is 0.727. The van der Waals surface area contributed by atoms with Gasteiger partial charge in [-0.2, -0.15) is 0 Å². The van der Waals surface area contributed by atoms with Gasteiger partial charge in [-0.05, 0) is 12.8 Å². The lowest BCUT2D eigenvalue weighted by molar-refractivity contribution is -0.136. The fourth-order valence-corrected chi connectivity index (χ4v) is 2.56. The molecule has 0 heterocycles. The largest absolute Gasteiger partial charge is 0.466 e. The SMILES string of the molecule is CCCC/C(=C\[Si](C)(C)C)C(=O)OC. The third-order valence-corrected chi connectivity index (χ3v) is 3.07. The van der Waals surface area contributed by atoms with Crippen LogP contribution in [0.1, 0.15) is 26.2 Å². The zero-order valence-electron chi connectivity index (χ0n) is 10.0. The summed E-state index contributed by atoms with van der Waals surface area (Å²) < 4.78 is 4.77. The predicted molar refractivity (Wildman–Crippen MR) is 63.0 cm³/mol. The van der Waals surface area contributed by atoms with Gasteiger partial charge in [0.2, 0.25) is 0 Å². The highest BCUT2D eigenvalue weighted by molar-refractivity contribution is 6.81. The molecule has 0 aliphatic heterocycles. The smallest absolute Gasteiger partial charge is 0.333 e. The van der Waals surface area contributed by atoms with Crippen LogP contribution in [0.25, 0.3) is 0 Å². The normalized spacial score (nSPS) is 12.8. The summed E-state index contributed by atoms with van der Waals surface area (Å²) in [6, 6.07) is 0. The first-order chi connectivity index (χ1) is 6.40. The van der Waals surface area contributed by atoms with Crippen molar-refractivity contribution in [3.8, 4) is 0 Å². The number of carbonyl (C=O) groups is 1. The highest BCUT2D eigenvalue weighted by atomic mass is 28.3. The first-order valence-electron chi connectivity index (χ1n) is 5.20. The third kappa shape index (κ3) is 5.97. The predicted octanol–water partition coefficient (Wildman–Crippen LogP) is 3.15. The second-order valence-corrected chi connectivity index (χ2v) is 9.65. The summed E-state index contributed by atoms with van der Waals surface area (Å²) in [7, 11) is 0.139. The molecule has 0 saturated heterocycles. The van der Waals surface area contributed by atoms with Gasteiger partial charge in [-0.15, -0.1) is 0 Å². The Morgan fingerprint density at radius 3 is 2.29 bits per heavy atom. The van der Waals surface area contributed by atoms with E-state index in [0.29, 0.717) is 0 Å². The van der Waals surface area contributed by atoms with E-state index < -0.39 is 8.07 Å². The highest BCUT2D eigenvalue weighted by Crippen LogP contribution is 2.14. The molecule has 0 saturated carbocycles. The summed E-state index contributed by atoms with van der Waals surface area (Å²) in [5.41, 5.74) is 3.02. The van der Waals surface area contributed by atoms with Crippen molar-refractivity contribution in [3.05, 3.63) is 11.3 Å². The topological polar surface area (TPSA) is 26.3 Å². The Balaban J connectivity index is 4.55. The zero-order chi connectivity index (χ0) is 11.2. The van der Waals surface area contributed by atoms with Gasteiger partial charge in [0.1, 0.15) is 0 Å². The number of hydrogen-bond acceptors (Lipinski definition) is 2. The summed E-state index contributed by atoms with van der Waals surface area (Å²) in [4.78, 5) is 11.4. The van der Waals surface area contributed by atoms with Crippen LogP contribution in [-0.2, 0) is 9.53 Å². The van der Waals surface area contributed by atoms with Crippen LogP contribution in [-0.4, -0.2) is 21.2 Å². The molecule has 0 atom stereocenters. The van der Waals surface area contributed by atoms with Gasteiger partial charge in [-0.1, -0.05) is 38.7 Å². The van der Waals surface area contributed by atoms with Crippen LogP contribution in [0.4, 0.5) is 0 Å². The number of unbranched alkanes of at least 4 members (excludes halogenated alkanes) is 1. The highest BCUT2D eigenvalue weighted by Gasteiger charge is 2.15. The van der Waals surface area contributed by atoms with E-state index in [1.165, 1.54) is 7.11 Å². The van der Waals surface area contributed by atoms with Crippen LogP contribution < -0.4 is 0 Å². The Bertz CT molecular complexity index is 214. The minimum atomic E-state index is -1.31. The molecule has 14 heavy (non-hydrogen) atoms. The van der Waals surface area contributed by atoms with Crippen molar-refractivity contribution in [3.63, 3.8) is 0 Å². The van der Waals surface area contributed by atoms with Crippen molar-refractivity contribution in [2.24, 2.45) is 0 Å². The maximum Gasteiger partial charge on any atom is 0.333 e. The average Bonchev–Trinajstić information content (AvgIpc) is 2.09. The van der Waals surface area contributed by atoms with Crippen LogP contribution in [0.5, 0.6) is 0 Å². The molecule has 0 rings (SSSR count). The van der Waals surface area contributed by atoms with E-state index in [1.54, 1.807) is 0 Å². The maximum absolute atomic E-state index is 11.4. The lowest BCUT2D eigenvalue weighted by atomic mass is 10.1. The molecule has 0 aromatic carbocycles. The second kappa shape index (κ2) is 6.01. The van der Waals surface area contributed by atoms with Gasteiger partial charge in [-0.3, -0.25) is 0 Å². The lowest BCUT2D eigenvalue weighted by Crippen LogP contribution is -2.19. The van der Waals surface area contributed by atoms with Gasteiger partial charge in [-0.25, -0.2) is 4.79 Å². The maximum atomic E-state index is 11.4. The molecule has 0 radical (unpaired) electrons. The zero-order valence-corrected chi connectivity index (χ0v) is 11.0. The third-order valence-electron chi connectivity index (χ3n) is 1.85. The van der Waals surface area contributed by atoms with Gasteiger partial charge >= 0.3 is 5.97 Å². The summed E-state index contributed by atoms with van der Waals surface area (Å²) in [6.07, 6.45) is 3.03. The van der Waals surface area contributed by atoms with Crippen molar-refractivity contribution < 1.29 is 9.53 Å². The minimum Gasteiger partial charge on any atom is -0.466 e. The molecule has 0 aromatic rings. The Morgan fingerprint density at radius 2 is 1.93 bits per heavy atom. The summed E-state index contributed by atoms with van der Waals surface area (Å²) in [5.74, 6) is -0.152. The molecule has 2 nitrogen and oxygen atoms in total. The first-order valence-corrected chi connectivity index (χ1v) is 8.78. The van der Waals surface area contributed by atoms with E-state index in [2.05, 4.69) is 32.3 Å². The molecule has 82 valence electrons. The molecule has 0 aliphatic carbocycles. The van der Waals surface area contributed by atoms with Crippen LogP contribution in [0.3, 0.4) is 0 Å². The fourth-order valence-electron chi connectivity index (χ4n) is 1.25. The van der Waals surface area contributed by atoms with Crippen LogP contribution in [0.2, 0.25) is 19.6 Å². The minimum absolute atomic E-state index is 0.152. The standard InChI is InChI=1S/C11H22O2Si/c1-6-7-8-10(11(12)13-2)9-14(3,4)5/h9H,6-8H2,1-5H3/b10-9+.